The van der Waals surface area contributed by atoms with E-state index in [1.807, 2.05) is 26.1 Å². The lowest BCUT2D eigenvalue weighted by atomic mass is 10.2. The molecule has 0 aliphatic rings. The highest BCUT2D eigenvalue weighted by Crippen LogP contribution is 2.22. The Morgan fingerprint density at radius 1 is 1.54 bits per heavy atom. The molecule has 0 atom stereocenters. The number of hydrogen-bond acceptors (Lipinski definition) is 3. The van der Waals surface area contributed by atoms with Crippen LogP contribution < -0.4 is 10.1 Å². The van der Waals surface area contributed by atoms with Gasteiger partial charge >= 0.3 is 0 Å². The van der Waals surface area contributed by atoms with Crippen molar-refractivity contribution in [1.82, 2.24) is 0 Å². The lowest BCUT2D eigenvalue weighted by Crippen LogP contribution is -1.96. The molecule has 3 nitrogen and oxygen atoms in total. The molecule has 0 unspecified atom stereocenters. The number of anilines is 1. The lowest BCUT2D eigenvalue weighted by Gasteiger charge is -2.07. The Hall–Kier alpha value is -1.69. The third-order valence-electron chi connectivity index (χ3n) is 1.69. The first-order chi connectivity index (χ1) is 6.31. The molecule has 0 radical (unpaired) electrons. The van der Waals surface area contributed by atoms with Gasteiger partial charge < -0.3 is 10.1 Å². The van der Waals surface area contributed by atoms with Crippen LogP contribution in [-0.2, 0) is 0 Å². The number of rotatable bonds is 3. The Kier molecular flexibility index (Phi) is 3.15. The summed E-state index contributed by atoms with van der Waals surface area (Å²) in [6.45, 7) is 2.47. The molecule has 1 N–H and O–H groups in total. The van der Waals surface area contributed by atoms with Crippen LogP contribution in [0.4, 0.5) is 5.69 Å². The molecule has 1 aromatic carbocycles. The highest BCUT2D eigenvalue weighted by atomic mass is 16.5. The molecule has 0 saturated heterocycles. The van der Waals surface area contributed by atoms with Crippen molar-refractivity contribution in [2.24, 2.45) is 0 Å². The average molecular weight is 176 g/mol. The summed E-state index contributed by atoms with van der Waals surface area (Å²) in [4.78, 5) is 0. The number of nitrogens with zero attached hydrogens (tertiary/aromatic N) is 1. The summed E-state index contributed by atoms with van der Waals surface area (Å²) in [6, 6.07) is 7.50. The summed E-state index contributed by atoms with van der Waals surface area (Å²) < 4.78 is 5.31. The number of ether oxygens (including phenoxy) is 1. The highest BCUT2D eigenvalue weighted by Gasteiger charge is 2.02. The van der Waals surface area contributed by atoms with Crippen LogP contribution in [-0.4, -0.2) is 13.7 Å². The van der Waals surface area contributed by atoms with E-state index in [9.17, 15) is 0 Å². The maximum atomic E-state index is 8.76. The summed E-state index contributed by atoms with van der Waals surface area (Å²) in [5.74, 6) is 0.636. The smallest absolute Gasteiger partial charge is 0.139 e. The number of hydrogen-bond donors (Lipinski definition) is 1. The van der Waals surface area contributed by atoms with Crippen LogP contribution in [0.25, 0.3) is 0 Å². The van der Waals surface area contributed by atoms with E-state index in [1.54, 1.807) is 6.07 Å². The predicted molar refractivity (Wildman–Crippen MR) is 51.9 cm³/mol. The molecule has 0 aliphatic heterocycles. The second-order valence-electron chi connectivity index (χ2n) is 2.51. The summed E-state index contributed by atoms with van der Waals surface area (Å²) >= 11 is 0. The summed E-state index contributed by atoms with van der Waals surface area (Å²) in [6.07, 6.45) is 0. The molecule has 1 aromatic rings. The zero-order chi connectivity index (χ0) is 9.68. The molecule has 0 bridgehead atoms. The van der Waals surface area contributed by atoms with Crippen LogP contribution in [0.15, 0.2) is 18.2 Å². The van der Waals surface area contributed by atoms with E-state index in [1.165, 1.54) is 0 Å². The lowest BCUT2D eigenvalue weighted by molar-refractivity contribution is 0.339. The maximum absolute atomic E-state index is 8.76. The number of nitrogens with one attached hydrogen (secondary N) is 1. The Balaban J connectivity index is 3.04. The summed E-state index contributed by atoms with van der Waals surface area (Å²) in [7, 11) is 1.83. The van der Waals surface area contributed by atoms with Gasteiger partial charge in [0.2, 0.25) is 0 Å². The van der Waals surface area contributed by atoms with Crippen molar-refractivity contribution in [1.29, 1.82) is 5.26 Å². The fourth-order valence-electron chi connectivity index (χ4n) is 1.05. The standard InChI is InChI=1S/C10H12N2O/c1-3-13-10-6-9(12-2)5-4-8(10)7-11/h4-6,12H,3H2,1-2H3. The van der Waals surface area contributed by atoms with Gasteiger partial charge in [0.05, 0.1) is 12.2 Å². The Labute approximate surface area is 77.9 Å². The topological polar surface area (TPSA) is 45.0 Å². The van der Waals surface area contributed by atoms with Gasteiger partial charge in [0.25, 0.3) is 0 Å². The van der Waals surface area contributed by atoms with Crippen LogP contribution in [0, 0.1) is 11.3 Å². The van der Waals surface area contributed by atoms with Crippen molar-refractivity contribution < 1.29 is 4.74 Å². The molecule has 0 amide bonds. The number of nitriles is 1. The van der Waals surface area contributed by atoms with Crippen molar-refractivity contribution in [2.75, 3.05) is 19.0 Å². The van der Waals surface area contributed by atoms with Gasteiger partial charge in [0.15, 0.2) is 0 Å². The molecule has 0 aromatic heterocycles. The number of benzene rings is 1. The van der Waals surface area contributed by atoms with E-state index in [0.29, 0.717) is 17.9 Å². The van der Waals surface area contributed by atoms with Gasteiger partial charge in [0, 0.05) is 18.8 Å². The summed E-state index contributed by atoms with van der Waals surface area (Å²) in [5.41, 5.74) is 1.52. The minimum absolute atomic E-state index is 0.570. The van der Waals surface area contributed by atoms with Crippen LogP contribution in [0.3, 0.4) is 0 Å². The van der Waals surface area contributed by atoms with E-state index in [2.05, 4.69) is 11.4 Å². The normalized spacial score (nSPS) is 9.00. The minimum Gasteiger partial charge on any atom is -0.492 e. The first-order valence-electron chi connectivity index (χ1n) is 4.16. The van der Waals surface area contributed by atoms with Gasteiger partial charge in [-0.1, -0.05) is 0 Å². The van der Waals surface area contributed by atoms with Crippen molar-refractivity contribution >= 4 is 5.69 Å². The molecule has 0 heterocycles. The van der Waals surface area contributed by atoms with Crippen LogP contribution in [0.1, 0.15) is 12.5 Å². The van der Waals surface area contributed by atoms with Crippen molar-refractivity contribution in [3.05, 3.63) is 23.8 Å². The monoisotopic (exact) mass is 176 g/mol. The van der Waals surface area contributed by atoms with Gasteiger partial charge in [-0.2, -0.15) is 5.26 Å². The van der Waals surface area contributed by atoms with E-state index in [0.717, 1.165) is 5.69 Å². The van der Waals surface area contributed by atoms with Crippen molar-refractivity contribution in [2.45, 2.75) is 6.92 Å². The second-order valence-corrected chi connectivity index (χ2v) is 2.51. The van der Waals surface area contributed by atoms with Crippen molar-refractivity contribution in [3.63, 3.8) is 0 Å². The van der Waals surface area contributed by atoms with Gasteiger partial charge in [-0.3, -0.25) is 0 Å². The molecular formula is C10H12N2O. The summed E-state index contributed by atoms with van der Waals surface area (Å²) in [5, 5.41) is 11.7. The Morgan fingerprint density at radius 3 is 2.85 bits per heavy atom. The van der Waals surface area contributed by atoms with Crippen LogP contribution in [0.5, 0.6) is 5.75 Å². The second kappa shape index (κ2) is 4.36. The Morgan fingerprint density at radius 2 is 2.31 bits per heavy atom. The molecular weight excluding hydrogens is 164 g/mol. The van der Waals surface area contributed by atoms with Gasteiger partial charge in [-0.15, -0.1) is 0 Å². The van der Waals surface area contributed by atoms with Gasteiger partial charge in [0.1, 0.15) is 11.8 Å². The maximum Gasteiger partial charge on any atom is 0.139 e. The predicted octanol–water partition coefficient (Wildman–Crippen LogP) is 2.00. The van der Waals surface area contributed by atoms with Crippen molar-refractivity contribution in [3.8, 4) is 11.8 Å². The largest absolute Gasteiger partial charge is 0.492 e. The fourth-order valence-corrected chi connectivity index (χ4v) is 1.05. The minimum atomic E-state index is 0.570. The zero-order valence-corrected chi connectivity index (χ0v) is 7.79. The van der Waals surface area contributed by atoms with Crippen LogP contribution >= 0.6 is 0 Å². The molecule has 0 aliphatic carbocycles. The average Bonchev–Trinajstić information content (AvgIpc) is 2.18. The van der Waals surface area contributed by atoms with E-state index < -0.39 is 0 Å². The molecule has 68 valence electrons. The van der Waals surface area contributed by atoms with E-state index in [4.69, 9.17) is 10.00 Å². The van der Waals surface area contributed by atoms with Gasteiger partial charge in [-0.05, 0) is 19.1 Å². The molecule has 1 rings (SSSR count). The van der Waals surface area contributed by atoms with E-state index >= 15 is 0 Å². The van der Waals surface area contributed by atoms with Gasteiger partial charge in [-0.25, -0.2) is 0 Å². The first-order valence-corrected chi connectivity index (χ1v) is 4.16. The molecule has 0 fully saturated rings. The third kappa shape index (κ3) is 2.12. The SMILES string of the molecule is CCOc1cc(NC)ccc1C#N. The molecule has 0 spiro atoms. The van der Waals surface area contributed by atoms with Crippen LogP contribution in [0.2, 0.25) is 0 Å². The fraction of sp³-hybridized carbons (Fsp3) is 0.300. The molecule has 13 heavy (non-hydrogen) atoms. The quantitative estimate of drug-likeness (QED) is 0.766. The van der Waals surface area contributed by atoms with E-state index in [-0.39, 0.29) is 0 Å². The first kappa shape index (κ1) is 9.40. The molecule has 0 saturated carbocycles. The zero-order valence-electron chi connectivity index (χ0n) is 7.79. The highest BCUT2D eigenvalue weighted by molar-refractivity contribution is 5.55. The Bertz CT molecular complexity index is 328. The molecule has 3 heteroatoms. The third-order valence-corrected chi connectivity index (χ3v) is 1.69.